The molecule has 0 aromatic heterocycles. The molecule has 0 aliphatic carbocycles. The number of allylic oxidation sites excluding steroid dienone is 10. The minimum atomic E-state index is -4.63. The molecule has 0 aromatic rings. The normalized spacial score (nSPS) is 14.2. The summed E-state index contributed by atoms with van der Waals surface area (Å²) in [5.41, 5.74) is 0. The van der Waals surface area contributed by atoms with Gasteiger partial charge in [0.2, 0.25) is 0 Å². The first kappa shape index (κ1) is 58.7. The quantitative estimate of drug-likeness (QED) is 0.0233. The zero-order valence-corrected chi connectivity index (χ0v) is 39.5. The Morgan fingerprint density at radius 2 is 0.902 bits per heavy atom. The smallest absolute Gasteiger partial charge is 0.462 e. The Balaban J connectivity index is 4.25. The average molecular weight is 881 g/mol. The van der Waals surface area contributed by atoms with Gasteiger partial charge in [-0.15, -0.1) is 0 Å². The number of hydrogen-bond acceptors (Lipinski definition) is 9. The summed E-state index contributed by atoms with van der Waals surface area (Å²) in [5, 5.41) is 18.4. The van der Waals surface area contributed by atoms with Crippen molar-refractivity contribution in [2.45, 2.75) is 219 Å². The Morgan fingerprint density at radius 3 is 1.38 bits per heavy atom. The van der Waals surface area contributed by atoms with Crippen molar-refractivity contribution >= 4 is 19.8 Å². The van der Waals surface area contributed by atoms with Crippen LogP contribution in [0, 0.1) is 0 Å². The van der Waals surface area contributed by atoms with Gasteiger partial charge in [0.25, 0.3) is 0 Å². The summed E-state index contributed by atoms with van der Waals surface area (Å²) in [6.07, 6.45) is 51.8. The molecule has 0 bridgehead atoms. The Bertz CT molecular complexity index is 1200. The second-order valence-corrected chi connectivity index (χ2v) is 17.6. The molecule has 0 heterocycles. The maximum absolute atomic E-state index is 12.7. The van der Waals surface area contributed by atoms with Crippen molar-refractivity contribution in [3.05, 3.63) is 60.8 Å². The van der Waals surface area contributed by atoms with E-state index in [1.807, 2.05) is 0 Å². The SMILES string of the molecule is CC/C=C\C/C=C\C/C=C\C/C=C\CCCCCCCCC(=O)OC(COC(=O)CCCCCCCCCCC/C=C\CCCCCCCC)COP(=O)(O)OCC(O)CO. The molecule has 0 spiro atoms. The van der Waals surface area contributed by atoms with Crippen LogP contribution in [-0.4, -0.2) is 65.7 Å². The van der Waals surface area contributed by atoms with Gasteiger partial charge in [-0.2, -0.15) is 0 Å². The lowest BCUT2D eigenvalue weighted by Gasteiger charge is -2.20. The highest BCUT2D eigenvalue weighted by atomic mass is 31.2. The molecular weight excluding hydrogens is 792 g/mol. The number of rotatable bonds is 45. The molecule has 0 fully saturated rings. The van der Waals surface area contributed by atoms with Gasteiger partial charge in [0.1, 0.15) is 12.7 Å². The molecule has 3 unspecified atom stereocenters. The number of carbonyl (C=O) groups excluding carboxylic acids is 2. The minimum Gasteiger partial charge on any atom is -0.462 e. The summed E-state index contributed by atoms with van der Waals surface area (Å²) in [6, 6.07) is 0. The summed E-state index contributed by atoms with van der Waals surface area (Å²) >= 11 is 0. The Hall–Kier alpha value is -2.33. The predicted molar refractivity (Wildman–Crippen MR) is 251 cm³/mol. The molecule has 0 saturated heterocycles. The predicted octanol–water partition coefficient (Wildman–Crippen LogP) is 13.5. The van der Waals surface area contributed by atoms with Crippen LogP contribution in [0.25, 0.3) is 0 Å². The first-order valence-electron chi connectivity index (χ1n) is 24.2. The van der Waals surface area contributed by atoms with Crippen molar-refractivity contribution in [3.63, 3.8) is 0 Å². The fourth-order valence-electron chi connectivity index (χ4n) is 6.45. The van der Waals surface area contributed by atoms with Gasteiger partial charge in [-0.3, -0.25) is 18.6 Å². The lowest BCUT2D eigenvalue weighted by Crippen LogP contribution is -2.29. The summed E-state index contributed by atoms with van der Waals surface area (Å²) < 4.78 is 32.8. The molecule has 0 aliphatic rings. The van der Waals surface area contributed by atoms with E-state index in [0.717, 1.165) is 83.5 Å². The fourth-order valence-corrected chi connectivity index (χ4v) is 7.24. The van der Waals surface area contributed by atoms with Crippen LogP contribution >= 0.6 is 7.82 Å². The monoisotopic (exact) mass is 881 g/mol. The highest BCUT2D eigenvalue weighted by molar-refractivity contribution is 7.47. The van der Waals surface area contributed by atoms with Crippen LogP contribution in [0.2, 0.25) is 0 Å². The summed E-state index contributed by atoms with van der Waals surface area (Å²) in [7, 11) is -4.63. The topological polar surface area (TPSA) is 149 Å². The molecule has 0 aromatic carbocycles. The molecule has 0 rings (SSSR count). The molecule has 354 valence electrons. The van der Waals surface area contributed by atoms with Crippen LogP contribution in [0.15, 0.2) is 60.8 Å². The lowest BCUT2D eigenvalue weighted by atomic mass is 10.1. The molecule has 3 N–H and O–H groups in total. The number of unbranched alkanes of at least 4 members (excludes halogenated alkanes) is 21. The van der Waals surface area contributed by atoms with Crippen LogP contribution < -0.4 is 0 Å². The molecule has 0 amide bonds. The minimum absolute atomic E-state index is 0.166. The first-order chi connectivity index (χ1) is 29.7. The van der Waals surface area contributed by atoms with Crippen molar-refractivity contribution in [1.29, 1.82) is 0 Å². The summed E-state index contributed by atoms with van der Waals surface area (Å²) in [6.45, 7) is 2.26. The molecule has 0 saturated carbocycles. The number of carbonyl (C=O) groups is 2. The van der Waals surface area contributed by atoms with E-state index in [4.69, 9.17) is 23.6 Å². The zero-order valence-electron chi connectivity index (χ0n) is 38.6. The third kappa shape index (κ3) is 45.5. The molecule has 11 heteroatoms. The number of hydrogen-bond donors (Lipinski definition) is 3. The largest absolute Gasteiger partial charge is 0.472 e. The van der Waals surface area contributed by atoms with E-state index in [9.17, 15) is 24.2 Å². The third-order valence-corrected chi connectivity index (χ3v) is 11.1. The van der Waals surface area contributed by atoms with Crippen molar-refractivity contribution < 1.29 is 47.8 Å². The van der Waals surface area contributed by atoms with Crippen molar-refractivity contribution in [3.8, 4) is 0 Å². The van der Waals surface area contributed by atoms with Gasteiger partial charge in [0.05, 0.1) is 19.8 Å². The molecule has 0 radical (unpaired) electrons. The number of phosphoric ester groups is 1. The van der Waals surface area contributed by atoms with Crippen molar-refractivity contribution in [1.82, 2.24) is 0 Å². The fraction of sp³-hybridized carbons (Fsp3) is 0.760. The van der Waals surface area contributed by atoms with E-state index in [2.05, 4.69) is 74.6 Å². The number of esters is 2. The highest BCUT2D eigenvalue weighted by Gasteiger charge is 2.27. The van der Waals surface area contributed by atoms with Crippen LogP contribution in [0.4, 0.5) is 0 Å². The molecule has 61 heavy (non-hydrogen) atoms. The van der Waals surface area contributed by atoms with Crippen LogP contribution in [0.3, 0.4) is 0 Å². The molecule has 10 nitrogen and oxygen atoms in total. The summed E-state index contributed by atoms with van der Waals surface area (Å²) in [4.78, 5) is 35.1. The summed E-state index contributed by atoms with van der Waals surface area (Å²) in [5.74, 6) is -0.942. The average Bonchev–Trinajstić information content (AvgIpc) is 3.25. The number of aliphatic hydroxyl groups is 2. The lowest BCUT2D eigenvalue weighted by molar-refractivity contribution is -0.161. The number of ether oxygens (including phenoxy) is 2. The third-order valence-electron chi connectivity index (χ3n) is 10.2. The number of phosphoric acid groups is 1. The van der Waals surface area contributed by atoms with Gasteiger partial charge in [-0.1, -0.05) is 177 Å². The maximum atomic E-state index is 12.7. The highest BCUT2D eigenvalue weighted by Crippen LogP contribution is 2.43. The van der Waals surface area contributed by atoms with E-state index in [0.29, 0.717) is 12.8 Å². The second-order valence-electron chi connectivity index (χ2n) is 16.1. The van der Waals surface area contributed by atoms with E-state index in [1.54, 1.807) is 0 Å². The standard InChI is InChI=1S/C50H89O10P/c1-3-5-7-9-11-13-15-17-19-21-23-25-27-29-31-33-35-37-39-41-49(53)57-45-48(46-59-61(55,56)58-44-47(52)43-51)60-50(54)42-40-38-36-34-32-30-28-26-24-22-20-18-16-14-12-10-8-6-4-2/h6,8,12,14,17-20,24,26,47-48,51-52H,3-5,7,9-11,13,15-16,21-23,25,27-46H2,1-2H3,(H,55,56)/b8-6-,14-12-,19-17-,20-18-,26-24-. The van der Waals surface area contributed by atoms with E-state index >= 15 is 0 Å². The van der Waals surface area contributed by atoms with Crippen molar-refractivity contribution in [2.75, 3.05) is 26.4 Å². The maximum Gasteiger partial charge on any atom is 0.472 e. The van der Waals surface area contributed by atoms with Gasteiger partial charge in [-0.05, 0) is 77.0 Å². The van der Waals surface area contributed by atoms with Crippen LogP contribution in [-0.2, 0) is 32.7 Å². The van der Waals surface area contributed by atoms with Crippen LogP contribution in [0.1, 0.15) is 206 Å². The molecule has 3 atom stereocenters. The van der Waals surface area contributed by atoms with E-state index < -0.39 is 51.8 Å². The van der Waals surface area contributed by atoms with E-state index in [1.165, 1.54) is 83.5 Å². The van der Waals surface area contributed by atoms with Gasteiger partial charge >= 0.3 is 19.8 Å². The molecular formula is C50H89O10P. The van der Waals surface area contributed by atoms with E-state index in [-0.39, 0.29) is 19.4 Å². The number of aliphatic hydroxyl groups excluding tert-OH is 2. The zero-order chi connectivity index (χ0) is 44.8. The second kappa shape index (κ2) is 45.7. The van der Waals surface area contributed by atoms with Gasteiger partial charge in [0, 0.05) is 12.8 Å². The van der Waals surface area contributed by atoms with Crippen LogP contribution in [0.5, 0.6) is 0 Å². The van der Waals surface area contributed by atoms with Gasteiger partial charge < -0.3 is 24.6 Å². The Kier molecular flexibility index (Phi) is 43.9. The Labute approximate surface area is 372 Å². The molecule has 0 aliphatic heterocycles. The Morgan fingerprint density at radius 1 is 0.508 bits per heavy atom. The van der Waals surface area contributed by atoms with Gasteiger partial charge in [-0.25, -0.2) is 4.57 Å². The van der Waals surface area contributed by atoms with Crippen molar-refractivity contribution in [2.24, 2.45) is 0 Å². The first-order valence-corrected chi connectivity index (χ1v) is 25.7. The van der Waals surface area contributed by atoms with Gasteiger partial charge in [0.15, 0.2) is 6.10 Å².